The Bertz CT molecular complexity index is 983. The lowest BCUT2D eigenvalue weighted by Gasteiger charge is -2.17. The first kappa shape index (κ1) is 19.5. The third-order valence-electron chi connectivity index (χ3n) is 4.65. The molecule has 5 heteroatoms. The summed E-state index contributed by atoms with van der Waals surface area (Å²) in [5, 5.41) is 11.8. The second-order valence-electron chi connectivity index (χ2n) is 6.65. The normalized spacial score (nSPS) is 10.6. The lowest BCUT2D eigenvalue weighted by Crippen LogP contribution is -2.11. The first-order chi connectivity index (χ1) is 13.6. The molecule has 1 aromatic heterocycles. The van der Waals surface area contributed by atoms with Crippen LogP contribution in [0.4, 0.5) is 5.69 Å². The molecule has 0 saturated heterocycles. The van der Waals surface area contributed by atoms with Gasteiger partial charge < -0.3 is 15.5 Å². The topological polar surface area (TPSA) is 70.9 Å². The third-order valence-corrected chi connectivity index (χ3v) is 4.65. The summed E-state index contributed by atoms with van der Waals surface area (Å²) >= 11 is 0. The molecule has 0 unspecified atom stereocenters. The standard InChI is InChI=1S/C23H26N4O/c1-5-9-18(24)21-22(25-3)20(17-12-13-19(28-4)15(2)14-17)26-23(27-21)16-10-7-6-8-11-16/h6-8,10-14,24-25H,5,9H2,1-4H3. The Morgan fingerprint density at radius 2 is 1.82 bits per heavy atom. The van der Waals surface area contributed by atoms with Gasteiger partial charge in [0.25, 0.3) is 0 Å². The lowest BCUT2D eigenvalue weighted by molar-refractivity contribution is 0.412. The van der Waals surface area contributed by atoms with Crippen LogP contribution in [0.15, 0.2) is 48.5 Å². The Morgan fingerprint density at radius 3 is 2.43 bits per heavy atom. The average molecular weight is 374 g/mol. The van der Waals surface area contributed by atoms with Gasteiger partial charge in [0.1, 0.15) is 11.4 Å². The highest BCUT2D eigenvalue weighted by Crippen LogP contribution is 2.34. The molecule has 0 aliphatic heterocycles. The van der Waals surface area contributed by atoms with Crippen LogP contribution in [-0.4, -0.2) is 29.8 Å². The van der Waals surface area contributed by atoms with Crippen molar-refractivity contribution in [1.82, 2.24) is 9.97 Å². The summed E-state index contributed by atoms with van der Waals surface area (Å²) in [6.45, 7) is 4.08. The van der Waals surface area contributed by atoms with E-state index in [1.165, 1.54) is 0 Å². The van der Waals surface area contributed by atoms with Crippen LogP contribution >= 0.6 is 0 Å². The SMILES string of the molecule is CCCC(=N)c1nc(-c2ccccc2)nc(-c2ccc(OC)c(C)c2)c1NC. The highest BCUT2D eigenvalue weighted by molar-refractivity contribution is 6.04. The number of anilines is 1. The molecule has 0 aliphatic rings. The molecule has 0 radical (unpaired) electrons. The molecule has 2 aromatic carbocycles. The average Bonchev–Trinajstić information content (AvgIpc) is 2.73. The smallest absolute Gasteiger partial charge is 0.160 e. The van der Waals surface area contributed by atoms with Gasteiger partial charge in [-0.15, -0.1) is 0 Å². The fourth-order valence-electron chi connectivity index (χ4n) is 3.24. The number of nitrogens with one attached hydrogen (secondary N) is 2. The lowest BCUT2D eigenvalue weighted by atomic mass is 10.0. The first-order valence-electron chi connectivity index (χ1n) is 9.47. The fraction of sp³-hybridized carbons (Fsp3) is 0.261. The number of aromatic nitrogens is 2. The Balaban J connectivity index is 2.26. The molecule has 28 heavy (non-hydrogen) atoms. The minimum Gasteiger partial charge on any atom is -0.496 e. The van der Waals surface area contributed by atoms with Gasteiger partial charge in [-0.3, -0.25) is 0 Å². The van der Waals surface area contributed by atoms with Crippen LogP contribution in [0.2, 0.25) is 0 Å². The van der Waals surface area contributed by atoms with Crippen molar-refractivity contribution in [3.05, 3.63) is 59.8 Å². The van der Waals surface area contributed by atoms with E-state index in [2.05, 4.69) is 18.3 Å². The van der Waals surface area contributed by atoms with Gasteiger partial charge >= 0.3 is 0 Å². The summed E-state index contributed by atoms with van der Waals surface area (Å²) in [6.07, 6.45) is 1.56. The number of rotatable bonds is 7. The van der Waals surface area contributed by atoms with E-state index in [9.17, 15) is 0 Å². The van der Waals surface area contributed by atoms with Crippen LogP contribution in [0, 0.1) is 12.3 Å². The third kappa shape index (κ3) is 3.88. The fourth-order valence-corrected chi connectivity index (χ4v) is 3.24. The molecule has 3 aromatic rings. The monoisotopic (exact) mass is 374 g/mol. The molecule has 3 rings (SSSR count). The Kier molecular flexibility index (Phi) is 6.04. The number of benzene rings is 2. The molecule has 0 spiro atoms. The van der Waals surface area contributed by atoms with E-state index in [0.29, 0.717) is 23.7 Å². The van der Waals surface area contributed by atoms with Gasteiger partial charge in [0.2, 0.25) is 0 Å². The maximum atomic E-state index is 8.55. The minimum absolute atomic E-state index is 0.512. The molecule has 2 N–H and O–H groups in total. The molecule has 0 saturated carbocycles. The van der Waals surface area contributed by atoms with E-state index in [1.54, 1.807) is 7.11 Å². The van der Waals surface area contributed by atoms with Gasteiger partial charge in [-0.05, 0) is 37.1 Å². The van der Waals surface area contributed by atoms with Gasteiger partial charge in [-0.2, -0.15) is 0 Å². The van der Waals surface area contributed by atoms with E-state index >= 15 is 0 Å². The molecular weight excluding hydrogens is 348 g/mol. The molecule has 0 amide bonds. The molecule has 0 aliphatic carbocycles. The Labute approximate surface area is 166 Å². The highest BCUT2D eigenvalue weighted by Gasteiger charge is 2.19. The number of methoxy groups -OCH3 is 1. The zero-order valence-electron chi connectivity index (χ0n) is 16.8. The molecular formula is C23H26N4O. The minimum atomic E-state index is 0.512. The zero-order chi connectivity index (χ0) is 20.1. The van der Waals surface area contributed by atoms with Crippen molar-refractivity contribution in [2.75, 3.05) is 19.5 Å². The maximum Gasteiger partial charge on any atom is 0.160 e. The van der Waals surface area contributed by atoms with Crippen molar-refractivity contribution in [2.45, 2.75) is 26.7 Å². The van der Waals surface area contributed by atoms with Crippen molar-refractivity contribution in [1.29, 1.82) is 5.41 Å². The van der Waals surface area contributed by atoms with Gasteiger partial charge in [0, 0.05) is 18.2 Å². The van der Waals surface area contributed by atoms with Crippen molar-refractivity contribution in [3.63, 3.8) is 0 Å². The van der Waals surface area contributed by atoms with Crippen LogP contribution < -0.4 is 10.1 Å². The van der Waals surface area contributed by atoms with Crippen LogP contribution in [-0.2, 0) is 0 Å². The van der Waals surface area contributed by atoms with E-state index in [0.717, 1.165) is 40.2 Å². The predicted octanol–water partition coefficient (Wildman–Crippen LogP) is 5.34. The van der Waals surface area contributed by atoms with E-state index in [4.69, 9.17) is 20.1 Å². The van der Waals surface area contributed by atoms with Gasteiger partial charge in [0.15, 0.2) is 5.82 Å². The van der Waals surface area contributed by atoms with Crippen molar-refractivity contribution >= 4 is 11.4 Å². The van der Waals surface area contributed by atoms with Gasteiger partial charge in [-0.1, -0.05) is 43.7 Å². The number of hydrogen-bond donors (Lipinski definition) is 2. The molecule has 0 atom stereocenters. The van der Waals surface area contributed by atoms with Crippen molar-refractivity contribution in [3.8, 4) is 28.4 Å². The summed E-state index contributed by atoms with van der Waals surface area (Å²) in [6, 6.07) is 15.9. The van der Waals surface area contributed by atoms with Crippen LogP contribution in [0.25, 0.3) is 22.6 Å². The molecule has 0 fully saturated rings. The largest absolute Gasteiger partial charge is 0.496 e. The molecule has 0 bridgehead atoms. The second kappa shape index (κ2) is 8.65. The maximum absolute atomic E-state index is 8.55. The number of hydrogen-bond acceptors (Lipinski definition) is 5. The zero-order valence-corrected chi connectivity index (χ0v) is 16.8. The molecule has 5 nitrogen and oxygen atoms in total. The summed E-state index contributed by atoms with van der Waals surface area (Å²) < 4.78 is 5.40. The second-order valence-corrected chi connectivity index (χ2v) is 6.65. The summed E-state index contributed by atoms with van der Waals surface area (Å²) in [4.78, 5) is 9.62. The molecule has 144 valence electrons. The first-order valence-corrected chi connectivity index (χ1v) is 9.47. The van der Waals surface area contributed by atoms with Gasteiger partial charge in [0.05, 0.1) is 24.2 Å². The summed E-state index contributed by atoms with van der Waals surface area (Å²) in [5.41, 5.74) is 5.67. The quantitative estimate of drug-likeness (QED) is 0.548. The van der Waals surface area contributed by atoms with E-state index in [1.807, 2.05) is 56.4 Å². The van der Waals surface area contributed by atoms with Crippen LogP contribution in [0.1, 0.15) is 31.0 Å². The predicted molar refractivity (Wildman–Crippen MR) is 115 cm³/mol. The summed E-state index contributed by atoms with van der Waals surface area (Å²) in [7, 11) is 3.52. The van der Waals surface area contributed by atoms with Crippen LogP contribution in [0.3, 0.4) is 0 Å². The Morgan fingerprint density at radius 1 is 1.07 bits per heavy atom. The van der Waals surface area contributed by atoms with E-state index in [-0.39, 0.29) is 0 Å². The Hall–Kier alpha value is -3.21. The number of ether oxygens (including phenoxy) is 1. The van der Waals surface area contributed by atoms with Crippen LogP contribution in [0.5, 0.6) is 5.75 Å². The highest BCUT2D eigenvalue weighted by atomic mass is 16.5. The van der Waals surface area contributed by atoms with Gasteiger partial charge in [-0.25, -0.2) is 9.97 Å². The number of nitrogens with zero attached hydrogens (tertiary/aromatic N) is 2. The van der Waals surface area contributed by atoms with E-state index < -0.39 is 0 Å². The number of aryl methyl sites for hydroxylation is 1. The van der Waals surface area contributed by atoms with Crippen molar-refractivity contribution in [2.24, 2.45) is 0 Å². The van der Waals surface area contributed by atoms with Crippen molar-refractivity contribution < 1.29 is 4.74 Å². The summed E-state index contributed by atoms with van der Waals surface area (Å²) in [5.74, 6) is 1.46. The molecule has 1 heterocycles.